The van der Waals surface area contributed by atoms with Crippen LogP contribution < -0.4 is 19.5 Å². The van der Waals surface area contributed by atoms with Gasteiger partial charge in [-0.2, -0.15) is 0 Å². The second-order valence-electron chi connectivity index (χ2n) is 7.50. The average Bonchev–Trinajstić information content (AvgIpc) is 2.66. The van der Waals surface area contributed by atoms with Gasteiger partial charge in [0.2, 0.25) is 0 Å². The summed E-state index contributed by atoms with van der Waals surface area (Å²) in [6.07, 6.45) is 0.601. The molecule has 0 fully saturated rings. The van der Waals surface area contributed by atoms with Gasteiger partial charge in [0.15, 0.2) is 6.10 Å². The zero-order chi connectivity index (χ0) is 20.3. The van der Waals surface area contributed by atoms with Crippen LogP contribution in [0.3, 0.4) is 0 Å². The van der Waals surface area contributed by atoms with Crippen LogP contribution in [0.15, 0.2) is 42.5 Å². The Morgan fingerprint density at radius 3 is 2.57 bits per heavy atom. The molecule has 1 heterocycles. The molecule has 0 spiro atoms. The number of amides is 1. The molecule has 1 aliphatic rings. The molecule has 0 saturated heterocycles. The molecule has 3 rings (SSSR count). The molecule has 0 aromatic heterocycles. The smallest absolute Gasteiger partial charge is 0.261 e. The highest BCUT2D eigenvalue weighted by Crippen LogP contribution is 2.41. The molecule has 0 bridgehead atoms. The predicted molar refractivity (Wildman–Crippen MR) is 109 cm³/mol. The van der Waals surface area contributed by atoms with Gasteiger partial charge in [-0.05, 0) is 62.7 Å². The highest BCUT2D eigenvalue weighted by molar-refractivity contribution is 6.30. The van der Waals surface area contributed by atoms with Gasteiger partial charge in [-0.3, -0.25) is 4.79 Å². The third-order valence-electron chi connectivity index (χ3n) is 4.75. The number of rotatable bonds is 6. The number of hydrogen-bond acceptors (Lipinski definition) is 4. The van der Waals surface area contributed by atoms with Crippen molar-refractivity contribution in [2.24, 2.45) is 0 Å². The van der Waals surface area contributed by atoms with Crippen LogP contribution in [0.5, 0.6) is 17.2 Å². The maximum atomic E-state index is 13.0. The SMILES string of the molecule is CC[C@@H](Oc1ccc(Cl)cc1)C(=O)N[C@@H]1CC(C)(C)Oc2ccc(OC)cc21. The molecule has 150 valence electrons. The largest absolute Gasteiger partial charge is 0.497 e. The first-order valence-electron chi connectivity index (χ1n) is 9.41. The van der Waals surface area contributed by atoms with Crippen molar-refractivity contribution >= 4 is 17.5 Å². The van der Waals surface area contributed by atoms with Crippen molar-refractivity contribution in [3.05, 3.63) is 53.1 Å². The molecular formula is C22H26ClNO4. The third-order valence-corrected chi connectivity index (χ3v) is 5.00. The second-order valence-corrected chi connectivity index (χ2v) is 7.94. The van der Waals surface area contributed by atoms with Gasteiger partial charge in [0.05, 0.1) is 13.2 Å². The molecule has 0 radical (unpaired) electrons. The highest BCUT2D eigenvalue weighted by atomic mass is 35.5. The van der Waals surface area contributed by atoms with E-state index in [2.05, 4.69) is 5.32 Å². The van der Waals surface area contributed by atoms with Gasteiger partial charge in [-0.25, -0.2) is 0 Å². The summed E-state index contributed by atoms with van der Waals surface area (Å²) in [5.74, 6) is 1.94. The summed E-state index contributed by atoms with van der Waals surface area (Å²) in [5.41, 5.74) is 0.520. The topological polar surface area (TPSA) is 56.8 Å². The molecule has 1 N–H and O–H groups in total. The van der Waals surface area contributed by atoms with E-state index in [4.69, 9.17) is 25.8 Å². The fourth-order valence-corrected chi connectivity index (χ4v) is 3.48. The molecule has 5 nitrogen and oxygen atoms in total. The zero-order valence-corrected chi connectivity index (χ0v) is 17.4. The Balaban J connectivity index is 1.79. The van der Waals surface area contributed by atoms with E-state index in [9.17, 15) is 4.79 Å². The Hall–Kier alpha value is -2.40. The second kappa shape index (κ2) is 8.31. The molecule has 28 heavy (non-hydrogen) atoms. The standard InChI is InChI=1S/C22H26ClNO4/c1-5-19(27-15-8-6-14(23)7-9-15)21(25)24-18-13-22(2,3)28-20-11-10-16(26-4)12-17(18)20/h6-12,18-19H,5,13H2,1-4H3,(H,24,25)/t18-,19-/m1/s1. The van der Waals surface area contributed by atoms with Gasteiger partial charge in [-0.1, -0.05) is 18.5 Å². The summed E-state index contributed by atoms with van der Waals surface area (Å²) in [7, 11) is 1.62. The van der Waals surface area contributed by atoms with E-state index in [1.807, 2.05) is 39.0 Å². The maximum Gasteiger partial charge on any atom is 0.261 e. The van der Waals surface area contributed by atoms with Gasteiger partial charge in [0.25, 0.3) is 5.91 Å². The molecule has 1 aliphatic heterocycles. The van der Waals surface area contributed by atoms with Gasteiger partial charge in [0.1, 0.15) is 22.8 Å². The molecule has 1 amide bonds. The fourth-order valence-electron chi connectivity index (χ4n) is 3.35. The first-order chi connectivity index (χ1) is 13.3. The van der Waals surface area contributed by atoms with Crippen LogP contribution in [0.1, 0.15) is 45.2 Å². The average molecular weight is 404 g/mol. The highest BCUT2D eigenvalue weighted by Gasteiger charge is 2.36. The van der Waals surface area contributed by atoms with Crippen LogP contribution in [-0.4, -0.2) is 24.7 Å². The van der Waals surface area contributed by atoms with Gasteiger partial charge in [0, 0.05) is 17.0 Å². The number of carbonyl (C=O) groups excluding carboxylic acids is 1. The third kappa shape index (κ3) is 4.71. The molecule has 2 aromatic carbocycles. The minimum Gasteiger partial charge on any atom is -0.497 e. The number of nitrogens with one attached hydrogen (secondary N) is 1. The zero-order valence-electron chi connectivity index (χ0n) is 16.6. The predicted octanol–water partition coefficient (Wildman–Crippen LogP) is 4.92. The summed E-state index contributed by atoms with van der Waals surface area (Å²) >= 11 is 5.92. The van der Waals surface area contributed by atoms with Crippen LogP contribution in [0, 0.1) is 0 Å². The lowest BCUT2D eigenvalue weighted by Crippen LogP contribution is -2.45. The Kier molecular flexibility index (Phi) is 6.04. The van der Waals surface area contributed by atoms with Crippen molar-refractivity contribution in [1.82, 2.24) is 5.32 Å². The fraction of sp³-hybridized carbons (Fsp3) is 0.409. The Morgan fingerprint density at radius 2 is 1.93 bits per heavy atom. The van der Waals surface area contributed by atoms with Crippen molar-refractivity contribution in [1.29, 1.82) is 0 Å². The van der Waals surface area contributed by atoms with Crippen molar-refractivity contribution in [3.63, 3.8) is 0 Å². The van der Waals surface area contributed by atoms with E-state index in [0.29, 0.717) is 23.6 Å². The Bertz CT molecular complexity index is 835. The Morgan fingerprint density at radius 1 is 1.25 bits per heavy atom. The van der Waals surface area contributed by atoms with E-state index in [1.54, 1.807) is 31.4 Å². The number of fused-ring (bicyclic) bond motifs is 1. The van der Waals surface area contributed by atoms with Crippen LogP contribution in [-0.2, 0) is 4.79 Å². The van der Waals surface area contributed by atoms with Crippen molar-refractivity contribution in [3.8, 4) is 17.2 Å². The lowest BCUT2D eigenvalue weighted by Gasteiger charge is -2.38. The van der Waals surface area contributed by atoms with Crippen molar-refractivity contribution in [2.45, 2.75) is 51.4 Å². The minimum absolute atomic E-state index is 0.158. The first-order valence-corrected chi connectivity index (χ1v) is 9.78. The van der Waals surface area contributed by atoms with Crippen molar-refractivity contribution in [2.75, 3.05) is 7.11 Å². The first kappa shape index (κ1) is 20.3. The summed E-state index contributed by atoms with van der Waals surface area (Å²) < 4.78 is 17.3. The van der Waals surface area contributed by atoms with Gasteiger partial charge in [-0.15, -0.1) is 0 Å². The number of hydrogen-bond donors (Lipinski definition) is 1. The molecule has 0 unspecified atom stereocenters. The van der Waals surface area contributed by atoms with Crippen LogP contribution in [0.2, 0.25) is 5.02 Å². The molecule has 0 aliphatic carbocycles. The van der Waals surface area contributed by atoms with Crippen LogP contribution >= 0.6 is 11.6 Å². The summed E-state index contributed by atoms with van der Waals surface area (Å²) in [5, 5.41) is 3.76. The summed E-state index contributed by atoms with van der Waals surface area (Å²) in [4.78, 5) is 13.0. The molecule has 6 heteroatoms. The normalized spacial score (nSPS) is 18.4. The lowest BCUT2D eigenvalue weighted by molar-refractivity contribution is -0.129. The number of carbonyl (C=O) groups is 1. The maximum absolute atomic E-state index is 13.0. The molecule has 2 aromatic rings. The summed E-state index contributed by atoms with van der Waals surface area (Å²) in [6.45, 7) is 5.95. The van der Waals surface area contributed by atoms with E-state index in [1.165, 1.54) is 0 Å². The van der Waals surface area contributed by atoms with E-state index >= 15 is 0 Å². The number of benzene rings is 2. The van der Waals surface area contributed by atoms with E-state index < -0.39 is 11.7 Å². The molecule has 0 saturated carbocycles. The van der Waals surface area contributed by atoms with Gasteiger partial charge < -0.3 is 19.5 Å². The number of ether oxygens (including phenoxy) is 3. The quantitative estimate of drug-likeness (QED) is 0.743. The number of methoxy groups -OCH3 is 1. The Labute approximate surface area is 170 Å². The van der Waals surface area contributed by atoms with Crippen LogP contribution in [0.4, 0.5) is 0 Å². The monoisotopic (exact) mass is 403 g/mol. The van der Waals surface area contributed by atoms with Crippen LogP contribution in [0.25, 0.3) is 0 Å². The summed E-state index contributed by atoms with van der Waals surface area (Å²) in [6, 6.07) is 12.5. The van der Waals surface area contributed by atoms with E-state index in [0.717, 1.165) is 17.1 Å². The number of halogens is 1. The molecular weight excluding hydrogens is 378 g/mol. The van der Waals surface area contributed by atoms with Crippen molar-refractivity contribution < 1.29 is 19.0 Å². The minimum atomic E-state index is -0.596. The van der Waals surface area contributed by atoms with Gasteiger partial charge >= 0.3 is 0 Å². The lowest BCUT2D eigenvalue weighted by atomic mass is 9.89. The molecule has 2 atom stereocenters. The van der Waals surface area contributed by atoms with E-state index in [-0.39, 0.29) is 11.9 Å².